The molecule has 0 bridgehead atoms. The first-order valence-electron chi connectivity index (χ1n) is 11.6. The Balaban J connectivity index is 1.29. The van der Waals surface area contributed by atoms with Crippen molar-refractivity contribution in [3.63, 3.8) is 0 Å². The predicted molar refractivity (Wildman–Crippen MR) is 119 cm³/mol. The van der Waals surface area contributed by atoms with Gasteiger partial charge in [0, 0.05) is 38.2 Å². The zero-order valence-corrected chi connectivity index (χ0v) is 18.3. The third kappa shape index (κ3) is 3.92. The van der Waals surface area contributed by atoms with Gasteiger partial charge in [-0.15, -0.1) is 0 Å². The maximum atomic E-state index is 13.2. The molecule has 6 heteroatoms. The number of carbonyl (C=O) groups is 2. The summed E-state index contributed by atoms with van der Waals surface area (Å²) in [7, 11) is 0. The van der Waals surface area contributed by atoms with Crippen LogP contribution in [0.5, 0.6) is 0 Å². The molecule has 0 radical (unpaired) electrons. The fourth-order valence-electron chi connectivity index (χ4n) is 5.75. The Labute approximate surface area is 188 Å². The second kappa shape index (κ2) is 8.66. The topological polar surface area (TPSA) is 49.9 Å². The summed E-state index contributed by atoms with van der Waals surface area (Å²) in [5.74, 6) is 0.0690. The number of hydrogen-bond donors (Lipinski definition) is 0. The molecule has 2 amide bonds. The molecule has 2 aromatic rings. The van der Waals surface area contributed by atoms with E-state index >= 15 is 0 Å². The van der Waals surface area contributed by atoms with Crippen LogP contribution in [0.15, 0.2) is 48.5 Å². The molecule has 2 heterocycles. The van der Waals surface area contributed by atoms with E-state index in [0.29, 0.717) is 51.4 Å². The standard InChI is InChI=1S/C26H29FN2O3/c27-21-7-5-19(6-8-21)25(31)29-11-9-26(10-12-29)18-20(22-3-1-2-4-23(22)26)17-24(30)28-13-15-32-16-14-28/h1-8,20H,9-18H2/t20-/m0/s1. The SMILES string of the molecule is O=C(C[C@H]1CC2(CCN(C(=O)c3ccc(F)cc3)CC2)c2ccccc21)N1CCOCC1. The summed E-state index contributed by atoms with van der Waals surface area (Å²) in [5, 5.41) is 0. The van der Waals surface area contributed by atoms with Crippen LogP contribution in [0, 0.1) is 5.82 Å². The van der Waals surface area contributed by atoms with Crippen LogP contribution in [0.25, 0.3) is 0 Å². The maximum absolute atomic E-state index is 13.2. The van der Waals surface area contributed by atoms with E-state index in [1.54, 1.807) is 12.1 Å². The highest BCUT2D eigenvalue weighted by atomic mass is 19.1. The summed E-state index contributed by atoms with van der Waals surface area (Å²) < 4.78 is 18.6. The van der Waals surface area contributed by atoms with Crippen molar-refractivity contribution >= 4 is 11.8 Å². The van der Waals surface area contributed by atoms with E-state index in [-0.39, 0.29) is 29.0 Å². The van der Waals surface area contributed by atoms with E-state index in [1.165, 1.54) is 23.3 Å². The molecule has 2 saturated heterocycles. The number of nitrogens with zero attached hydrogens (tertiary/aromatic N) is 2. The summed E-state index contributed by atoms with van der Waals surface area (Å²) >= 11 is 0. The third-order valence-electron chi connectivity index (χ3n) is 7.49. The number of piperidine rings is 1. The Bertz CT molecular complexity index is 992. The van der Waals surface area contributed by atoms with Crippen molar-refractivity contribution < 1.29 is 18.7 Å². The normalized spacial score (nSPS) is 22.1. The molecule has 3 aliphatic rings. The molecule has 0 unspecified atom stereocenters. The summed E-state index contributed by atoms with van der Waals surface area (Å²) in [4.78, 5) is 29.6. The predicted octanol–water partition coefficient (Wildman–Crippen LogP) is 3.74. The molecule has 1 aliphatic carbocycles. The average Bonchev–Trinajstić information content (AvgIpc) is 3.13. The number of halogens is 1. The van der Waals surface area contributed by atoms with Gasteiger partial charge in [0.15, 0.2) is 0 Å². The molecule has 1 spiro atoms. The molecule has 1 atom stereocenters. The highest BCUT2D eigenvalue weighted by molar-refractivity contribution is 5.94. The van der Waals surface area contributed by atoms with E-state index in [4.69, 9.17) is 4.74 Å². The lowest BCUT2D eigenvalue weighted by Gasteiger charge is -2.40. The molecule has 2 fully saturated rings. The lowest BCUT2D eigenvalue weighted by Crippen LogP contribution is -2.44. The van der Waals surface area contributed by atoms with Gasteiger partial charge in [-0.05, 0) is 66.0 Å². The zero-order valence-electron chi connectivity index (χ0n) is 18.3. The first-order valence-corrected chi connectivity index (χ1v) is 11.6. The van der Waals surface area contributed by atoms with Gasteiger partial charge in [-0.2, -0.15) is 0 Å². The van der Waals surface area contributed by atoms with Gasteiger partial charge < -0.3 is 14.5 Å². The van der Waals surface area contributed by atoms with Crippen LogP contribution in [0.3, 0.4) is 0 Å². The maximum Gasteiger partial charge on any atom is 0.253 e. The molecular formula is C26H29FN2O3. The number of carbonyl (C=O) groups excluding carboxylic acids is 2. The minimum Gasteiger partial charge on any atom is -0.378 e. The summed E-state index contributed by atoms with van der Waals surface area (Å²) in [6.45, 7) is 3.95. The quantitative estimate of drug-likeness (QED) is 0.737. The van der Waals surface area contributed by atoms with E-state index in [1.807, 2.05) is 9.80 Å². The molecule has 2 aromatic carbocycles. The van der Waals surface area contributed by atoms with E-state index in [2.05, 4.69) is 24.3 Å². The van der Waals surface area contributed by atoms with E-state index in [9.17, 15) is 14.0 Å². The van der Waals surface area contributed by atoms with Crippen molar-refractivity contribution in [2.45, 2.75) is 37.0 Å². The Kier molecular flexibility index (Phi) is 5.72. The van der Waals surface area contributed by atoms with Gasteiger partial charge in [0.1, 0.15) is 5.82 Å². The lowest BCUT2D eigenvalue weighted by atomic mass is 9.73. The number of rotatable bonds is 3. The Morgan fingerprint density at radius 3 is 2.34 bits per heavy atom. The first kappa shape index (κ1) is 21.1. The van der Waals surface area contributed by atoms with Crippen LogP contribution in [0.1, 0.15) is 53.1 Å². The lowest BCUT2D eigenvalue weighted by molar-refractivity contribution is -0.135. The van der Waals surface area contributed by atoms with Crippen LogP contribution in [-0.4, -0.2) is 61.0 Å². The molecule has 0 aromatic heterocycles. The fourth-order valence-corrected chi connectivity index (χ4v) is 5.75. The second-order valence-corrected chi connectivity index (χ2v) is 9.27. The van der Waals surface area contributed by atoms with Gasteiger partial charge in [0.25, 0.3) is 5.91 Å². The second-order valence-electron chi connectivity index (χ2n) is 9.27. The average molecular weight is 437 g/mol. The summed E-state index contributed by atoms with van der Waals surface area (Å²) in [6, 6.07) is 14.3. The fraction of sp³-hybridized carbons (Fsp3) is 0.462. The number of hydrogen-bond acceptors (Lipinski definition) is 3. The van der Waals surface area contributed by atoms with Gasteiger partial charge in [-0.25, -0.2) is 4.39 Å². The Morgan fingerprint density at radius 2 is 1.62 bits per heavy atom. The minimum absolute atomic E-state index is 0.0200. The Morgan fingerprint density at radius 1 is 0.938 bits per heavy atom. The molecule has 0 N–H and O–H groups in total. The molecule has 32 heavy (non-hydrogen) atoms. The number of benzene rings is 2. The van der Waals surface area contributed by atoms with Crippen LogP contribution < -0.4 is 0 Å². The van der Waals surface area contributed by atoms with Gasteiger partial charge in [0.05, 0.1) is 13.2 Å². The first-order chi connectivity index (χ1) is 15.6. The van der Waals surface area contributed by atoms with Gasteiger partial charge in [-0.1, -0.05) is 24.3 Å². The van der Waals surface area contributed by atoms with Crippen molar-refractivity contribution in [2.75, 3.05) is 39.4 Å². The smallest absolute Gasteiger partial charge is 0.253 e. The van der Waals surface area contributed by atoms with Crippen molar-refractivity contribution in [3.05, 3.63) is 71.0 Å². The monoisotopic (exact) mass is 436 g/mol. The highest BCUT2D eigenvalue weighted by Gasteiger charge is 2.46. The number of morpholine rings is 1. The van der Waals surface area contributed by atoms with E-state index in [0.717, 1.165) is 19.3 Å². The third-order valence-corrected chi connectivity index (χ3v) is 7.49. The van der Waals surface area contributed by atoms with Crippen molar-refractivity contribution in [1.82, 2.24) is 9.80 Å². The van der Waals surface area contributed by atoms with Crippen molar-refractivity contribution in [3.8, 4) is 0 Å². The van der Waals surface area contributed by atoms with E-state index < -0.39 is 0 Å². The number of ether oxygens (including phenoxy) is 1. The summed E-state index contributed by atoms with van der Waals surface area (Å²) in [5.41, 5.74) is 3.20. The molecular weight excluding hydrogens is 407 g/mol. The zero-order chi connectivity index (χ0) is 22.1. The van der Waals surface area contributed by atoms with Crippen molar-refractivity contribution in [1.29, 1.82) is 0 Å². The minimum atomic E-state index is -0.334. The molecule has 168 valence electrons. The van der Waals surface area contributed by atoms with Crippen molar-refractivity contribution in [2.24, 2.45) is 0 Å². The largest absolute Gasteiger partial charge is 0.378 e. The molecule has 2 aliphatic heterocycles. The highest BCUT2D eigenvalue weighted by Crippen LogP contribution is 2.52. The van der Waals surface area contributed by atoms with Crippen LogP contribution >= 0.6 is 0 Å². The molecule has 5 rings (SSSR count). The van der Waals surface area contributed by atoms with Crippen LogP contribution in [0.4, 0.5) is 4.39 Å². The molecule has 5 nitrogen and oxygen atoms in total. The number of amides is 2. The van der Waals surface area contributed by atoms with Gasteiger partial charge in [0.2, 0.25) is 5.91 Å². The molecule has 0 saturated carbocycles. The number of likely N-dealkylation sites (tertiary alicyclic amines) is 1. The van der Waals surface area contributed by atoms with Crippen LogP contribution in [-0.2, 0) is 14.9 Å². The number of fused-ring (bicyclic) bond motifs is 2. The summed E-state index contributed by atoms with van der Waals surface area (Å²) in [6.07, 6.45) is 3.27. The van der Waals surface area contributed by atoms with Gasteiger partial charge >= 0.3 is 0 Å². The van der Waals surface area contributed by atoms with Gasteiger partial charge in [-0.3, -0.25) is 9.59 Å². The van der Waals surface area contributed by atoms with Crippen LogP contribution in [0.2, 0.25) is 0 Å². The Hall–Kier alpha value is -2.73.